The summed E-state index contributed by atoms with van der Waals surface area (Å²) in [6, 6.07) is 10.1. The lowest BCUT2D eigenvalue weighted by molar-refractivity contribution is 0.0541. The van der Waals surface area contributed by atoms with Crippen LogP contribution in [-0.2, 0) is 0 Å². The van der Waals surface area contributed by atoms with E-state index in [0.29, 0.717) is 0 Å². The average molecular weight is 264 g/mol. The molecular weight excluding hydrogens is 236 g/mol. The molecule has 0 spiro atoms. The molecule has 3 nitrogen and oxygen atoms in total. The highest BCUT2D eigenvalue weighted by Gasteiger charge is 2.22. The van der Waals surface area contributed by atoms with Gasteiger partial charge in [-0.1, -0.05) is 37.3 Å². The van der Waals surface area contributed by atoms with Crippen molar-refractivity contribution in [3.63, 3.8) is 0 Å². The SMILES string of the molecule is CCCN(CCN(C)C)C(C)C(O)c1ccccc1. The molecule has 0 amide bonds. The Hall–Kier alpha value is -0.900. The number of likely N-dealkylation sites (N-methyl/N-ethyl adjacent to an activating group) is 1. The fraction of sp³-hybridized carbons (Fsp3) is 0.625. The van der Waals surface area contributed by atoms with Gasteiger partial charge >= 0.3 is 0 Å². The van der Waals surface area contributed by atoms with Crippen LogP contribution in [0.5, 0.6) is 0 Å². The third-order valence-corrected chi connectivity index (χ3v) is 3.52. The van der Waals surface area contributed by atoms with Crippen molar-refractivity contribution in [2.75, 3.05) is 33.7 Å². The summed E-state index contributed by atoms with van der Waals surface area (Å²) in [5.74, 6) is 0. The van der Waals surface area contributed by atoms with Crippen LogP contribution in [0.1, 0.15) is 31.9 Å². The van der Waals surface area contributed by atoms with Gasteiger partial charge < -0.3 is 10.0 Å². The van der Waals surface area contributed by atoms with Crippen LogP contribution >= 0.6 is 0 Å². The van der Waals surface area contributed by atoms with E-state index in [1.165, 1.54) is 0 Å². The van der Waals surface area contributed by atoms with E-state index in [1.54, 1.807) is 0 Å². The predicted molar refractivity (Wildman–Crippen MR) is 81.3 cm³/mol. The van der Waals surface area contributed by atoms with Gasteiger partial charge in [0.1, 0.15) is 0 Å². The molecule has 0 heterocycles. The quantitative estimate of drug-likeness (QED) is 0.781. The molecule has 0 aliphatic rings. The molecule has 1 N–H and O–H groups in total. The summed E-state index contributed by atoms with van der Waals surface area (Å²) in [7, 11) is 4.17. The fourth-order valence-corrected chi connectivity index (χ4v) is 2.26. The van der Waals surface area contributed by atoms with Gasteiger partial charge in [0.2, 0.25) is 0 Å². The second-order valence-electron chi connectivity index (χ2n) is 5.44. The standard InChI is InChI=1S/C16H28N2O/c1-5-11-18(13-12-17(3)4)14(2)16(19)15-9-7-6-8-10-15/h6-10,14,16,19H,5,11-13H2,1-4H3. The van der Waals surface area contributed by atoms with Crippen molar-refractivity contribution >= 4 is 0 Å². The molecule has 2 unspecified atom stereocenters. The highest BCUT2D eigenvalue weighted by Crippen LogP contribution is 2.20. The van der Waals surface area contributed by atoms with E-state index in [2.05, 4.69) is 37.7 Å². The maximum absolute atomic E-state index is 10.5. The van der Waals surface area contributed by atoms with Crippen LogP contribution in [-0.4, -0.2) is 54.7 Å². The molecule has 0 aromatic heterocycles. The molecule has 1 aromatic carbocycles. The van der Waals surface area contributed by atoms with Crippen molar-refractivity contribution in [3.05, 3.63) is 35.9 Å². The molecule has 3 heteroatoms. The molecule has 1 rings (SSSR count). The number of aliphatic hydroxyl groups excluding tert-OH is 1. The van der Waals surface area contributed by atoms with Crippen LogP contribution in [0.4, 0.5) is 0 Å². The second kappa shape index (κ2) is 8.31. The van der Waals surface area contributed by atoms with E-state index in [1.807, 2.05) is 30.3 Å². The minimum atomic E-state index is -0.421. The van der Waals surface area contributed by atoms with Gasteiger partial charge in [0.05, 0.1) is 6.10 Å². The van der Waals surface area contributed by atoms with Crippen molar-refractivity contribution < 1.29 is 5.11 Å². The van der Waals surface area contributed by atoms with Crippen LogP contribution < -0.4 is 0 Å². The van der Waals surface area contributed by atoms with Gasteiger partial charge in [-0.2, -0.15) is 0 Å². The first-order chi connectivity index (χ1) is 9.06. The van der Waals surface area contributed by atoms with Gasteiger partial charge in [-0.15, -0.1) is 0 Å². The van der Waals surface area contributed by atoms with Crippen molar-refractivity contribution in [3.8, 4) is 0 Å². The zero-order valence-corrected chi connectivity index (χ0v) is 12.7. The van der Waals surface area contributed by atoms with E-state index in [-0.39, 0.29) is 6.04 Å². The summed E-state index contributed by atoms with van der Waals surface area (Å²) in [6.07, 6.45) is 0.689. The van der Waals surface area contributed by atoms with E-state index in [0.717, 1.165) is 31.6 Å². The summed E-state index contributed by atoms with van der Waals surface area (Å²) in [6.45, 7) is 7.34. The van der Waals surface area contributed by atoms with E-state index in [9.17, 15) is 5.11 Å². The molecule has 0 radical (unpaired) electrons. The minimum Gasteiger partial charge on any atom is -0.387 e. The minimum absolute atomic E-state index is 0.141. The summed E-state index contributed by atoms with van der Waals surface area (Å²) in [4.78, 5) is 4.56. The van der Waals surface area contributed by atoms with Crippen LogP contribution in [0, 0.1) is 0 Å². The molecule has 108 valence electrons. The summed E-state index contributed by atoms with van der Waals surface area (Å²) in [5.41, 5.74) is 1.00. The lowest BCUT2D eigenvalue weighted by Gasteiger charge is -2.33. The Balaban J connectivity index is 2.67. The number of benzene rings is 1. The monoisotopic (exact) mass is 264 g/mol. The fourth-order valence-electron chi connectivity index (χ4n) is 2.26. The topological polar surface area (TPSA) is 26.7 Å². The molecule has 19 heavy (non-hydrogen) atoms. The largest absolute Gasteiger partial charge is 0.387 e. The van der Waals surface area contributed by atoms with Crippen molar-refractivity contribution in [1.29, 1.82) is 0 Å². The number of rotatable bonds is 8. The number of aliphatic hydroxyl groups is 1. The Kier molecular flexibility index (Phi) is 7.06. The van der Waals surface area contributed by atoms with Crippen LogP contribution in [0.2, 0.25) is 0 Å². The van der Waals surface area contributed by atoms with Gasteiger partial charge in [0.25, 0.3) is 0 Å². The maximum Gasteiger partial charge on any atom is 0.0942 e. The highest BCUT2D eigenvalue weighted by molar-refractivity contribution is 5.18. The molecule has 0 fully saturated rings. The molecular formula is C16H28N2O. The van der Waals surface area contributed by atoms with Gasteiger partial charge in [0, 0.05) is 19.1 Å². The average Bonchev–Trinajstić information content (AvgIpc) is 2.42. The Morgan fingerprint density at radius 3 is 2.21 bits per heavy atom. The Labute approximate surface area is 117 Å². The Bertz CT molecular complexity index is 340. The summed E-state index contributed by atoms with van der Waals surface area (Å²) in [5, 5.41) is 10.5. The first-order valence-corrected chi connectivity index (χ1v) is 7.18. The number of hydrogen-bond acceptors (Lipinski definition) is 3. The van der Waals surface area contributed by atoms with Crippen LogP contribution in [0.3, 0.4) is 0 Å². The summed E-state index contributed by atoms with van der Waals surface area (Å²) >= 11 is 0. The van der Waals surface area contributed by atoms with Gasteiger partial charge in [0.15, 0.2) is 0 Å². The lowest BCUT2D eigenvalue weighted by Crippen LogP contribution is -2.41. The lowest BCUT2D eigenvalue weighted by atomic mass is 10.0. The maximum atomic E-state index is 10.5. The predicted octanol–water partition coefficient (Wildman–Crippen LogP) is 2.38. The van der Waals surface area contributed by atoms with Crippen LogP contribution in [0.15, 0.2) is 30.3 Å². The Morgan fingerprint density at radius 1 is 1.05 bits per heavy atom. The van der Waals surface area contributed by atoms with Crippen molar-refractivity contribution in [2.45, 2.75) is 32.4 Å². The number of nitrogens with zero attached hydrogens (tertiary/aromatic N) is 2. The Morgan fingerprint density at radius 2 is 1.68 bits per heavy atom. The van der Waals surface area contributed by atoms with E-state index < -0.39 is 6.10 Å². The van der Waals surface area contributed by atoms with Gasteiger partial charge in [-0.25, -0.2) is 0 Å². The van der Waals surface area contributed by atoms with Crippen molar-refractivity contribution in [1.82, 2.24) is 9.80 Å². The zero-order valence-electron chi connectivity index (χ0n) is 12.7. The first kappa shape index (κ1) is 16.2. The third-order valence-electron chi connectivity index (χ3n) is 3.52. The van der Waals surface area contributed by atoms with Gasteiger partial charge in [-0.05, 0) is 39.5 Å². The van der Waals surface area contributed by atoms with Crippen LogP contribution in [0.25, 0.3) is 0 Å². The molecule has 0 aliphatic carbocycles. The van der Waals surface area contributed by atoms with E-state index in [4.69, 9.17) is 0 Å². The van der Waals surface area contributed by atoms with Gasteiger partial charge in [-0.3, -0.25) is 4.90 Å². The molecule has 1 aromatic rings. The second-order valence-corrected chi connectivity index (χ2v) is 5.44. The highest BCUT2D eigenvalue weighted by atomic mass is 16.3. The third kappa shape index (κ3) is 5.31. The molecule has 0 bridgehead atoms. The molecule has 0 saturated heterocycles. The molecule has 0 saturated carbocycles. The number of hydrogen-bond donors (Lipinski definition) is 1. The normalized spacial score (nSPS) is 14.9. The molecule has 0 aliphatic heterocycles. The van der Waals surface area contributed by atoms with Crippen molar-refractivity contribution in [2.24, 2.45) is 0 Å². The smallest absolute Gasteiger partial charge is 0.0942 e. The summed E-state index contributed by atoms with van der Waals surface area (Å²) < 4.78 is 0. The zero-order chi connectivity index (χ0) is 14.3. The van der Waals surface area contributed by atoms with E-state index >= 15 is 0 Å². The first-order valence-electron chi connectivity index (χ1n) is 7.18. The molecule has 2 atom stereocenters.